The quantitative estimate of drug-likeness (QED) is 0.804. The lowest BCUT2D eigenvalue weighted by Crippen LogP contribution is -2.15. The zero-order valence-electron chi connectivity index (χ0n) is 8.15. The Labute approximate surface area is 91.6 Å². The van der Waals surface area contributed by atoms with Crippen LogP contribution in [0.5, 0.6) is 0 Å². The molecule has 14 heavy (non-hydrogen) atoms. The van der Waals surface area contributed by atoms with E-state index in [0.717, 1.165) is 12.6 Å². The van der Waals surface area contributed by atoms with Gasteiger partial charge < -0.3 is 5.32 Å². The summed E-state index contributed by atoms with van der Waals surface area (Å²) in [6.07, 6.45) is 7.07. The van der Waals surface area contributed by atoms with Crippen LogP contribution in [0.2, 0.25) is 0 Å². The van der Waals surface area contributed by atoms with Gasteiger partial charge in [-0.05, 0) is 18.4 Å². The Morgan fingerprint density at radius 3 is 2.57 bits per heavy atom. The van der Waals surface area contributed by atoms with Crippen LogP contribution >= 0.6 is 12.4 Å². The summed E-state index contributed by atoms with van der Waals surface area (Å²) in [6, 6.07) is 11.2. The zero-order chi connectivity index (χ0) is 8.93. The Hall–Kier alpha value is -0.790. The van der Waals surface area contributed by atoms with E-state index >= 15 is 0 Å². The molecule has 0 aliphatic heterocycles. The van der Waals surface area contributed by atoms with Crippen molar-refractivity contribution in [2.75, 3.05) is 6.54 Å². The van der Waals surface area contributed by atoms with Gasteiger partial charge in [0.25, 0.3) is 0 Å². The lowest BCUT2D eigenvalue weighted by atomic mass is 10.2. The Morgan fingerprint density at radius 2 is 1.93 bits per heavy atom. The van der Waals surface area contributed by atoms with E-state index in [4.69, 9.17) is 0 Å². The number of benzene rings is 1. The van der Waals surface area contributed by atoms with Crippen molar-refractivity contribution in [3.63, 3.8) is 0 Å². The first-order valence-corrected chi connectivity index (χ1v) is 4.90. The highest BCUT2D eigenvalue weighted by molar-refractivity contribution is 5.85. The van der Waals surface area contributed by atoms with E-state index in [1.807, 2.05) is 6.07 Å². The summed E-state index contributed by atoms with van der Waals surface area (Å²) in [5.74, 6) is 0. The van der Waals surface area contributed by atoms with Gasteiger partial charge in [-0.15, -0.1) is 12.4 Å². The lowest BCUT2D eigenvalue weighted by molar-refractivity contribution is 0.754. The first-order chi connectivity index (χ1) is 6.45. The second-order valence-electron chi connectivity index (χ2n) is 3.50. The fourth-order valence-electron chi connectivity index (χ4n) is 1.28. The Bertz CT molecular complexity index is 278. The number of hydrogen-bond acceptors (Lipinski definition) is 1. The molecule has 76 valence electrons. The molecule has 0 atom stereocenters. The summed E-state index contributed by atoms with van der Waals surface area (Å²) < 4.78 is 0. The summed E-state index contributed by atoms with van der Waals surface area (Å²) in [7, 11) is 0. The van der Waals surface area contributed by atoms with E-state index in [1.165, 1.54) is 18.4 Å². The van der Waals surface area contributed by atoms with E-state index in [2.05, 4.69) is 41.7 Å². The van der Waals surface area contributed by atoms with Crippen molar-refractivity contribution >= 4 is 18.5 Å². The number of halogens is 1. The Balaban J connectivity index is 0.000000980. The van der Waals surface area contributed by atoms with Crippen LogP contribution in [-0.2, 0) is 0 Å². The van der Waals surface area contributed by atoms with Crippen molar-refractivity contribution in [3.05, 3.63) is 42.0 Å². The first kappa shape index (κ1) is 11.3. The molecule has 0 amide bonds. The minimum absolute atomic E-state index is 0. The second-order valence-corrected chi connectivity index (χ2v) is 3.50. The molecular weight excluding hydrogens is 194 g/mol. The molecule has 1 nitrogen and oxygen atoms in total. The molecule has 0 bridgehead atoms. The molecule has 0 spiro atoms. The summed E-state index contributed by atoms with van der Waals surface area (Å²) in [6.45, 7) is 1.000. The smallest absolute Gasteiger partial charge is 0.0140 e. The van der Waals surface area contributed by atoms with E-state index in [0.29, 0.717) is 0 Å². The molecule has 1 aromatic carbocycles. The standard InChI is InChI=1S/C12H15N.ClH/c1-2-5-11(6-3-1)7-4-10-13-12-8-9-12;/h1-7,12-13H,8-10H2;1H/b7-4+;. The van der Waals surface area contributed by atoms with Crippen LogP contribution in [0.15, 0.2) is 36.4 Å². The van der Waals surface area contributed by atoms with Gasteiger partial charge in [-0.2, -0.15) is 0 Å². The third-order valence-electron chi connectivity index (χ3n) is 2.21. The average Bonchev–Trinajstić information content (AvgIpc) is 2.98. The molecule has 2 rings (SSSR count). The predicted octanol–water partition coefficient (Wildman–Crippen LogP) is 2.87. The molecule has 1 aromatic rings. The second kappa shape index (κ2) is 5.84. The van der Waals surface area contributed by atoms with Crippen LogP contribution in [0.4, 0.5) is 0 Å². The topological polar surface area (TPSA) is 12.0 Å². The largest absolute Gasteiger partial charge is 0.311 e. The summed E-state index contributed by atoms with van der Waals surface area (Å²) in [4.78, 5) is 0. The highest BCUT2D eigenvalue weighted by Gasteiger charge is 2.18. The summed E-state index contributed by atoms with van der Waals surface area (Å²) >= 11 is 0. The molecule has 0 unspecified atom stereocenters. The molecule has 0 heterocycles. The minimum atomic E-state index is 0. The van der Waals surface area contributed by atoms with E-state index < -0.39 is 0 Å². The van der Waals surface area contributed by atoms with Gasteiger partial charge in [0.1, 0.15) is 0 Å². The van der Waals surface area contributed by atoms with E-state index in [-0.39, 0.29) is 12.4 Å². The number of hydrogen-bond donors (Lipinski definition) is 1. The van der Waals surface area contributed by atoms with Crippen molar-refractivity contribution in [1.82, 2.24) is 5.32 Å². The van der Waals surface area contributed by atoms with E-state index in [9.17, 15) is 0 Å². The van der Waals surface area contributed by atoms with Crippen molar-refractivity contribution in [2.24, 2.45) is 0 Å². The lowest BCUT2D eigenvalue weighted by Gasteiger charge is -1.95. The molecule has 0 radical (unpaired) electrons. The first-order valence-electron chi connectivity index (χ1n) is 4.90. The predicted molar refractivity (Wildman–Crippen MR) is 63.7 cm³/mol. The molecule has 1 saturated carbocycles. The maximum absolute atomic E-state index is 3.44. The van der Waals surface area contributed by atoms with Crippen molar-refractivity contribution in [1.29, 1.82) is 0 Å². The Morgan fingerprint density at radius 1 is 1.21 bits per heavy atom. The molecule has 0 saturated heterocycles. The maximum Gasteiger partial charge on any atom is 0.0140 e. The zero-order valence-corrected chi connectivity index (χ0v) is 8.96. The number of rotatable bonds is 4. The fourth-order valence-corrected chi connectivity index (χ4v) is 1.28. The molecule has 1 fully saturated rings. The van der Waals surface area contributed by atoms with Crippen molar-refractivity contribution in [2.45, 2.75) is 18.9 Å². The normalized spacial score (nSPS) is 15.4. The SMILES string of the molecule is C(=C\c1ccccc1)/CNC1CC1.Cl. The molecule has 1 aliphatic carbocycles. The van der Waals surface area contributed by atoms with Gasteiger partial charge in [0.2, 0.25) is 0 Å². The minimum Gasteiger partial charge on any atom is -0.311 e. The third kappa shape index (κ3) is 3.95. The van der Waals surface area contributed by atoms with Gasteiger partial charge in [-0.1, -0.05) is 42.5 Å². The van der Waals surface area contributed by atoms with Crippen LogP contribution in [0.1, 0.15) is 18.4 Å². The Kier molecular flexibility index (Phi) is 4.71. The maximum atomic E-state index is 3.44. The summed E-state index contributed by atoms with van der Waals surface area (Å²) in [5, 5.41) is 3.44. The van der Waals surface area contributed by atoms with Gasteiger partial charge in [0.05, 0.1) is 0 Å². The molecular formula is C12H16ClN. The van der Waals surface area contributed by atoms with Gasteiger partial charge in [-0.3, -0.25) is 0 Å². The summed E-state index contributed by atoms with van der Waals surface area (Å²) in [5.41, 5.74) is 1.28. The van der Waals surface area contributed by atoms with Gasteiger partial charge in [-0.25, -0.2) is 0 Å². The number of nitrogens with one attached hydrogen (secondary N) is 1. The van der Waals surface area contributed by atoms with Crippen LogP contribution < -0.4 is 5.32 Å². The van der Waals surface area contributed by atoms with Gasteiger partial charge >= 0.3 is 0 Å². The highest BCUT2D eigenvalue weighted by Crippen LogP contribution is 2.18. The van der Waals surface area contributed by atoms with Crippen LogP contribution in [-0.4, -0.2) is 12.6 Å². The monoisotopic (exact) mass is 209 g/mol. The van der Waals surface area contributed by atoms with Gasteiger partial charge in [0.15, 0.2) is 0 Å². The van der Waals surface area contributed by atoms with Crippen LogP contribution in [0, 0.1) is 0 Å². The molecule has 1 N–H and O–H groups in total. The van der Waals surface area contributed by atoms with Crippen molar-refractivity contribution in [3.8, 4) is 0 Å². The van der Waals surface area contributed by atoms with Crippen LogP contribution in [0.3, 0.4) is 0 Å². The van der Waals surface area contributed by atoms with Crippen LogP contribution in [0.25, 0.3) is 6.08 Å². The molecule has 1 aliphatic rings. The van der Waals surface area contributed by atoms with Gasteiger partial charge in [0, 0.05) is 12.6 Å². The average molecular weight is 210 g/mol. The fraction of sp³-hybridized carbons (Fsp3) is 0.333. The third-order valence-corrected chi connectivity index (χ3v) is 2.21. The van der Waals surface area contributed by atoms with E-state index in [1.54, 1.807) is 0 Å². The molecule has 0 aromatic heterocycles. The highest BCUT2D eigenvalue weighted by atomic mass is 35.5. The van der Waals surface area contributed by atoms with Crippen molar-refractivity contribution < 1.29 is 0 Å². The molecule has 2 heteroatoms.